The fourth-order valence-corrected chi connectivity index (χ4v) is 17.5. The van der Waals surface area contributed by atoms with Crippen LogP contribution in [0.15, 0.2) is 330 Å². The minimum Gasteiger partial charge on any atom is -0.310 e. The SMILES string of the molecule is c1ccc(N(c2ccccc2)c2ccc3c(c2)c2c4c(ccc2n3-c2ccc(-c3ccc(-n5c6ccc(N(c7ccccc7)c7ccccc7)cc6c6c7c(ccc65)Sc5ccccc5S7)c5ccccc35)cc2)Sc2ccccc2S4)cc1. The minimum absolute atomic E-state index is 1.11. The van der Waals surface area contributed by atoms with Gasteiger partial charge in [0.15, 0.2) is 0 Å². The summed E-state index contributed by atoms with van der Waals surface area (Å²) in [7, 11) is 0. The smallest absolute Gasteiger partial charge is 0.0553 e. The highest BCUT2D eigenvalue weighted by Crippen LogP contribution is 2.56. The van der Waals surface area contributed by atoms with Crippen molar-refractivity contribution in [2.75, 3.05) is 9.80 Å². The first-order chi connectivity index (χ1) is 41.7. The molecule has 0 saturated carbocycles. The van der Waals surface area contributed by atoms with Gasteiger partial charge in [0.1, 0.15) is 0 Å². The Balaban J connectivity index is 0.812. The molecule has 0 atom stereocenters. The van der Waals surface area contributed by atoms with Gasteiger partial charge < -0.3 is 18.9 Å². The zero-order chi connectivity index (χ0) is 55.2. The standard InChI is InChI=1S/C76H48N4S4/c1-5-19-50(20-6-1)77(51-21-7-2-8-22-51)55-37-40-63-60(47-55)73-65(43-45-71-75(73)83-69-31-17-15-29-67(69)81-71)79(63)54-35-33-49(34-36-54)57-39-42-62(59-28-14-13-27-58(57)59)80-64-41-38-56(78(52-23-9-3-10-24-52)53-25-11-4-12-26-53)48-61(64)74-66(80)44-46-72-76(74)84-70-32-18-16-30-68(70)82-72/h1-48H. The van der Waals surface area contributed by atoms with Gasteiger partial charge in [-0.15, -0.1) is 0 Å². The van der Waals surface area contributed by atoms with E-state index in [1.165, 1.54) is 105 Å². The summed E-state index contributed by atoms with van der Waals surface area (Å²) in [4.78, 5) is 15.1. The van der Waals surface area contributed by atoms with Crippen LogP contribution in [0.2, 0.25) is 0 Å². The van der Waals surface area contributed by atoms with Crippen LogP contribution in [-0.4, -0.2) is 9.13 Å². The van der Waals surface area contributed by atoms with Crippen LogP contribution < -0.4 is 9.80 Å². The van der Waals surface area contributed by atoms with E-state index in [1.807, 2.05) is 47.0 Å². The second kappa shape index (κ2) is 20.3. The van der Waals surface area contributed by atoms with Gasteiger partial charge in [-0.25, -0.2) is 0 Å². The molecule has 8 heteroatoms. The highest BCUT2D eigenvalue weighted by Gasteiger charge is 2.28. The summed E-state index contributed by atoms with van der Waals surface area (Å²) in [5.41, 5.74) is 16.0. The lowest BCUT2D eigenvalue weighted by Gasteiger charge is -2.25. The first kappa shape index (κ1) is 49.3. The Hall–Kier alpha value is -9.28. The zero-order valence-corrected chi connectivity index (χ0v) is 48.4. The second-order valence-corrected chi connectivity index (χ2v) is 25.5. The fourth-order valence-electron chi connectivity index (χ4n) is 12.7. The molecule has 0 amide bonds. The van der Waals surface area contributed by atoms with Crippen molar-refractivity contribution in [1.82, 2.24) is 9.13 Å². The topological polar surface area (TPSA) is 16.3 Å². The van der Waals surface area contributed by atoms with Gasteiger partial charge >= 0.3 is 0 Å². The fraction of sp³-hybridized carbons (Fsp3) is 0. The molecule has 2 aliphatic heterocycles. The normalized spacial score (nSPS) is 12.6. The van der Waals surface area contributed by atoms with E-state index >= 15 is 0 Å². The summed E-state index contributed by atoms with van der Waals surface area (Å²) < 4.78 is 4.99. The molecular formula is C76H48N4S4. The van der Waals surface area contributed by atoms with Crippen molar-refractivity contribution in [3.63, 3.8) is 0 Å². The van der Waals surface area contributed by atoms with Gasteiger partial charge in [0.05, 0.1) is 27.8 Å². The van der Waals surface area contributed by atoms with Crippen LogP contribution >= 0.6 is 47.0 Å². The number of fused-ring (bicyclic) bond motifs is 13. The van der Waals surface area contributed by atoms with Crippen LogP contribution in [0.3, 0.4) is 0 Å². The molecule has 13 aromatic carbocycles. The summed E-state index contributed by atoms with van der Waals surface area (Å²) in [6.07, 6.45) is 0. The molecule has 0 spiro atoms. The summed E-state index contributed by atoms with van der Waals surface area (Å²) in [6, 6.07) is 107. The monoisotopic (exact) mass is 1140 g/mol. The van der Waals surface area contributed by atoms with Gasteiger partial charge in [-0.05, 0) is 168 Å². The summed E-state index contributed by atoms with van der Waals surface area (Å²) in [5, 5.41) is 7.40. The molecule has 396 valence electrons. The highest BCUT2D eigenvalue weighted by atomic mass is 32.2. The third kappa shape index (κ3) is 8.11. The molecule has 0 unspecified atom stereocenters. The van der Waals surface area contributed by atoms with Crippen molar-refractivity contribution >= 4 is 136 Å². The van der Waals surface area contributed by atoms with Crippen molar-refractivity contribution < 1.29 is 0 Å². The minimum atomic E-state index is 1.11. The van der Waals surface area contributed by atoms with Crippen molar-refractivity contribution in [2.45, 2.75) is 39.2 Å². The lowest BCUT2D eigenvalue weighted by molar-refractivity contribution is 1.15. The van der Waals surface area contributed by atoms with E-state index in [2.05, 4.69) is 310 Å². The average molecular weight is 1150 g/mol. The quantitative estimate of drug-likeness (QED) is 0.142. The largest absolute Gasteiger partial charge is 0.310 e. The number of aromatic nitrogens is 2. The van der Waals surface area contributed by atoms with E-state index in [0.717, 1.165) is 45.5 Å². The highest BCUT2D eigenvalue weighted by molar-refractivity contribution is 8.05. The lowest BCUT2D eigenvalue weighted by atomic mass is 9.96. The maximum absolute atomic E-state index is 2.52. The number of para-hydroxylation sites is 4. The van der Waals surface area contributed by atoms with Crippen LogP contribution in [-0.2, 0) is 0 Å². The van der Waals surface area contributed by atoms with Gasteiger partial charge in [-0.2, -0.15) is 0 Å². The van der Waals surface area contributed by atoms with E-state index in [-0.39, 0.29) is 0 Å². The van der Waals surface area contributed by atoms with Crippen molar-refractivity contribution in [1.29, 1.82) is 0 Å². The predicted molar refractivity (Wildman–Crippen MR) is 357 cm³/mol. The summed E-state index contributed by atoms with van der Waals surface area (Å²) in [6.45, 7) is 0. The zero-order valence-electron chi connectivity index (χ0n) is 45.1. The van der Waals surface area contributed by atoms with Gasteiger partial charge in [0.2, 0.25) is 0 Å². The molecule has 0 aliphatic carbocycles. The molecule has 0 radical (unpaired) electrons. The van der Waals surface area contributed by atoms with Crippen LogP contribution in [0.4, 0.5) is 34.1 Å². The number of benzene rings is 13. The van der Waals surface area contributed by atoms with Crippen LogP contribution in [0.5, 0.6) is 0 Å². The van der Waals surface area contributed by atoms with Gasteiger partial charge in [-0.3, -0.25) is 0 Å². The van der Waals surface area contributed by atoms with Crippen molar-refractivity contribution in [3.05, 3.63) is 291 Å². The average Bonchev–Trinajstić information content (AvgIpc) is 3.31. The van der Waals surface area contributed by atoms with Gasteiger partial charge in [0.25, 0.3) is 0 Å². The Kier molecular flexibility index (Phi) is 11.9. The van der Waals surface area contributed by atoms with Crippen LogP contribution in [0, 0.1) is 0 Å². The molecule has 84 heavy (non-hydrogen) atoms. The summed E-state index contributed by atoms with van der Waals surface area (Å²) >= 11 is 7.54. The Bertz CT molecular complexity index is 5000. The molecule has 4 heterocycles. The van der Waals surface area contributed by atoms with Crippen molar-refractivity contribution in [3.8, 4) is 22.5 Å². The molecule has 0 saturated heterocycles. The molecule has 2 aromatic heterocycles. The molecule has 0 N–H and O–H groups in total. The molecule has 0 fully saturated rings. The predicted octanol–water partition coefficient (Wildman–Crippen LogP) is 22.9. The first-order valence-corrected chi connectivity index (χ1v) is 31.5. The molecule has 17 rings (SSSR count). The van der Waals surface area contributed by atoms with Crippen LogP contribution in [0.1, 0.15) is 0 Å². The summed E-state index contributed by atoms with van der Waals surface area (Å²) in [5.74, 6) is 0. The number of anilines is 6. The van der Waals surface area contributed by atoms with E-state index in [0.29, 0.717) is 0 Å². The van der Waals surface area contributed by atoms with Gasteiger partial charge in [0, 0.05) is 106 Å². The molecule has 4 nitrogen and oxygen atoms in total. The first-order valence-electron chi connectivity index (χ1n) is 28.2. The number of nitrogens with zero attached hydrogens (tertiary/aromatic N) is 4. The number of hydrogen-bond acceptors (Lipinski definition) is 6. The molecule has 2 aliphatic rings. The van der Waals surface area contributed by atoms with Gasteiger partial charge in [-0.1, -0.05) is 187 Å². The molecular weight excluding hydrogens is 1100 g/mol. The lowest BCUT2D eigenvalue weighted by Crippen LogP contribution is -2.09. The Morgan fingerprint density at radius 3 is 1.12 bits per heavy atom. The number of rotatable bonds is 9. The maximum Gasteiger partial charge on any atom is 0.0553 e. The Morgan fingerprint density at radius 2 is 0.643 bits per heavy atom. The maximum atomic E-state index is 2.52. The van der Waals surface area contributed by atoms with Crippen molar-refractivity contribution in [2.24, 2.45) is 0 Å². The van der Waals surface area contributed by atoms with E-state index < -0.39 is 0 Å². The Labute approximate surface area is 503 Å². The van der Waals surface area contributed by atoms with E-state index in [9.17, 15) is 0 Å². The molecule has 0 bridgehead atoms. The third-order valence-corrected chi connectivity index (χ3v) is 21.6. The molecule has 15 aromatic rings. The number of hydrogen-bond donors (Lipinski definition) is 0. The second-order valence-electron chi connectivity index (χ2n) is 21.2. The third-order valence-electron chi connectivity index (χ3n) is 16.4. The van der Waals surface area contributed by atoms with E-state index in [4.69, 9.17) is 0 Å². The van der Waals surface area contributed by atoms with Crippen LogP contribution in [0.25, 0.3) is 76.9 Å². The Morgan fingerprint density at radius 1 is 0.250 bits per heavy atom. The van der Waals surface area contributed by atoms with E-state index in [1.54, 1.807) is 0 Å².